The second-order valence-electron chi connectivity index (χ2n) is 9.23. The van der Waals surface area contributed by atoms with Crippen LogP contribution < -0.4 is 10.6 Å². The highest BCUT2D eigenvalue weighted by molar-refractivity contribution is 5.99. The molecule has 0 aromatic heterocycles. The Morgan fingerprint density at radius 3 is 2.45 bits per heavy atom. The average molecular weight is 438 g/mol. The van der Waals surface area contributed by atoms with Crippen LogP contribution >= 0.6 is 0 Å². The molecule has 3 heterocycles. The number of carbonyl (C=O) groups is 3. The molecule has 3 amide bonds. The number of hydrogen-bond acceptors (Lipinski definition) is 5. The molecule has 3 rings (SSSR count). The lowest BCUT2D eigenvalue weighted by molar-refractivity contribution is -0.147. The van der Waals surface area contributed by atoms with Crippen LogP contribution in [0.2, 0.25) is 0 Å². The predicted molar refractivity (Wildman–Crippen MR) is 116 cm³/mol. The molecule has 3 N–H and O–H groups in total. The van der Waals surface area contributed by atoms with Crippen molar-refractivity contribution >= 4 is 17.7 Å². The summed E-state index contributed by atoms with van der Waals surface area (Å²) in [5.74, 6) is -1.67. The van der Waals surface area contributed by atoms with Crippen LogP contribution in [0.5, 0.6) is 0 Å². The first-order valence-electron chi connectivity index (χ1n) is 12.1. The fourth-order valence-corrected chi connectivity index (χ4v) is 5.89. The number of rotatable bonds is 12. The number of aliphatic hydroxyl groups is 1. The fraction of sp³-hybridized carbons (Fsp3) is 0.870. The number of hydrogen-bond donors (Lipinski definition) is 3. The molecule has 31 heavy (non-hydrogen) atoms. The summed E-state index contributed by atoms with van der Waals surface area (Å²) < 4.78 is 6.65. The third kappa shape index (κ3) is 3.97. The molecule has 0 aromatic rings. The van der Waals surface area contributed by atoms with Crippen molar-refractivity contribution in [3.63, 3.8) is 0 Å². The van der Waals surface area contributed by atoms with Gasteiger partial charge < -0.3 is 25.4 Å². The van der Waals surface area contributed by atoms with Crippen molar-refractivity contribution < 1.29 is 24.2 Å². The van der Waals surface area contributed by atoms with E-state index in [0.29, 0.717) is 51.7 Å². The van der Waals surface area contributed by atoms with Crippen LogP contribution in [0.25, 0.3) is 0 Å². The van der Waals surface area contributed by atoms with E-state index in [9.17, 15) is 19.5 Å². The smallest absolute Gasteiger partial charge is 0.245 e. The Balaban J connectivity index is 1.95. The quantitative estimate of drug-likeness (QED) is 0.400. The van der Waals surface area contributed by atoms with Crippen LogP contribution in [0, 0.1) is 11.8 Å². The largest absolute Gasteiger partial charge is 0.396 e. The van der Waals surface area contributed by atoms with Gasteiger partial charge in [-0.05, 0) is 44.9 Å². The molecular weight excluding hydrogens is 398 g/mol. The Labute approximate surface area is 185 Å². The Bertz CT molecular complexity index is 686. The molecule has 0 radical (unpaired) electrons. The average Bonchev–Trinajstić information content (AvgIpc) is 3.36. The first-order chi connectivity index (χ1) is 14.9. The Morgan fingerprint density at radius 2 is 1.81 bits per heavy atom. The van der Waals surface area contributed by atoms with Gasteiger partial charge in [-0.15, -0.1) is 0 Å². The van der Waals surface area contributed by atoms with E-state index in [1.54, 1.807) is 4.90 Å². The van der Waals surface area contributed by atoms with Crippen molar-refractivity contribution in [1.82, 2.24) is 15.5 Å². The van der Waals surface area contributed by atoms with E-state index in [-0.39, 0.29) is 24.3 Å². The second-order valence-corrected chi connectivity index (χ2v) is 9.23. The maximum Gasteiger partial charge on any atom is 0.245 e. The molecule has 3 saturated heterocycles. The van der Waals surface area contributed by atoms with Crippen molar-refractivity contribution in [2.24, 2.45) is 11.8 Å². The number of likely N-dealkylation sites (tertiary alicyclic amines) is 1. The fourth-order valence-electron chi connectivity index (χ4n) is 5.89. The summed E-state index contributed by atoms with van der Waals surface area (Å²) in [5, 5.41) is 15.2. The minimum atomic E-state index is -0.948. The molecule has 3 aliphatic heterocycles. The first kappa shape index (κ1) is 24.0. The second kappa shape index (κ2) is 9.86. The van der Waals surface area contributed by atoms with Gasteiger partial charge in [0.1, 0.15) is 11.6 Å². The van der Waals surface area contributed by atoms with Crippen LogP contribution in [0.3, 0.4) is 0 Å². The van der Waals surface area contributed by atoms with Crippen molar-refractivity contribution in [3.8, 4) is 0 Å². The summed E-state index contributed by atoms with van der Waals surface area (Å²) in [5.41, 5.74) is -1.63. The third-order valence-corrected chi connectivity index (χ3v) is 7.40. The van der Waals surface area contributed by atoms with E-state index in [1.165, 1.54) is 0 Å². The molecule has 0 saturated carbocycles. The number of amides is 3. The SMILES string of the molecule is CCCCNC(=O)C1N(CCCCO)C(=O)[C@@H]2[C@@H](C(=O)NCCC)[C@@]3(CC)CCC12O3. The number of unbranched alkanes of at least 4 members (excludes halogenated alkanes) is 2. The molecule has 1 spiro atoms. The Morgan fingerprint density at radius 1 is 1.06 bits per heavy atom. The predicted octanol–water partition coefficient (Wildman–Crippen LogP) is 1.36. The molecule has 3 fully saturated rings. The third-order valence-electron chi connectivity index (χ3n) is 7.40. The number of nitrogens with zero attached hydrogens (tertiary/aromatic N) is 1. The van der Waals surface area contributed by atoms with Gasteiger partial charge in [0.25, 0.3) is 0 Å². The van der Waals surface area contributed by atoms with Crippen LogP contribution in [-0.4, -0.2) is 71.2 Å². The number of aliphatic hydroxyl groups excluding tert-OH is 1. The van der Waals surface area contributed by atoms with Gasteiger partial charge in [-0.2, -0.15) is 0 Å². The zero-order valence-corrected chi connectivity index (χ0v) is 19.2. The van der Waals surface area contributed by atoms with Crippen LogP contribution in [0.15, 0.2) is 0 Å². The lowest BCUT2D eigenvalue weighted by Crippen LogP contribution is -2.55. The van der Waals surface area contributed by atoms with Gasteiger partial charge in [0.05, 0.1) is 17.4 Å². The molecule has 5 atom stereocenters. The van der Waals surface area contributed by atoms with Crippen molar-refractivity contribution in [2.75, 3.05) is 26.2 Å². The molecule has 3 aliphatic rings. The van der Waals surface area contributed by atoms with E-state index in [4.69, 9.17) is 4.74 Å². The highest BCUT2D eigenvalue weighted by Gasteiger charge is 2.78. The van der Waals surface area contributed by atoms with Gasteiger partial charge >= 0.3 is 0 Å². The van der Waals surface area contributed by atoms with Crippen molar-refractivity contribution in [3.05, 3.63) is 0 Å². The molecule has 0 aromatic carbocycles. The van der Waals surface area contributed by atoms with Gasteiger partial charge in [-0.1, -0.05) is 27.2 Å². The highest BCUT2D eigenvalue weighted by Crippen LogP contribution is 2.64. The van der Waals surface area contributed by atoms with Crippen molar-refractivity contribution in [2.45, 2.75) is 89.4 Å². The molecule has 176 valence electrons. The number of ether oxygens (including phenoxy) is 1. The molecule has 2 bridgehead atoms. The zero-order valence-electron chi connectivity index (χ0n) is 19.2. The van der Waals surface area contributed by atoms with Gasteiger partial charge in [-0.3, -0.25) is 14.4 Å². The summed E-state index contributed by atoms with van der Waals surface area (Å²) in [6.45, 7) is 7.60. The minimum Gasteiger partial charge on any atom is -0.396 e. The van der Waals surface area contributed by atoms with Crippen LogP contribution in [0.1, 0.15) is 72.1 Å². The summed E-state index contributed by atoms with van der Waals surface area (Å²) in [6.07, 6.45) is 5.75. The number of carbonyl (C=O) groups excluding carboxylic acids is 3. The zero-order chi connectivity index (χ0) is 22.6. The molecule has 8 nitrogen and oxygen atoms in total. The van der Waals surface area contributed by atoms with E-state index >= 15 is 0 Å². The van der Waals surface area contributed by atoms with Gasteiger partial charge in [0.2, 0.25) is 17.7 Å². The van der Waals surface area contributed by atoms with Gasteiger partial charge in [0, 0.05) is 26.2 Å². The van der Waals surface area contributed by atoms with Crippen molar-refractivity contribution in [1.29, 1.82) is 0 Å². The van der Waals surface area contributed by atoms with Gasteiger partial charge in [0.15, 0.2) is 0 Å². The highest BCUT2D eigenvalue weighted by atomic mass is 16.5. The lowest BCUT2D eigenvalue weighted by Gasteiger charge is -2.34. The summed E-state index contributed by atoms with van der Waals surface area (Å²) in [6, 6.07) is -0.724. The van der Waals surface area contributed by atoms with E-state index < -0.39 is 29.1 Å². The van der Waals surface area contributed by atoms with Gasteiger partial charge in [-0.25, -0.2) is 0 Å². The lowest BCUT2D eigenvalue weighted by atomic mass is 9.65. The van der Waals surface area contributed by atoms with E-state index in [0.717, 1.165) is 19.3 Å². The summed E-state index contributed by atoms with van der Waals surface area (Å²) in [4.78, 5) is 41.9. The standard InChI is InChI=1S/C23H39N3O5/c1-4-7-13-25-20(29)18-23-11-10-22(6-3,31-23)16(19(28)24-12-5-2)17(23)21(30)26(18)14-8-9-15-27/h16-18,27H,4-15H2,1-3H3,(H,24,28)(H,25,29)/t16-,17-,18?,22+,23?/m0/s1. The van der Waals surface area contributed by atoms with Crippen LogP contribution in [-0.2, 0) is 19.1 Å². The maximum atomic E-state index is 13.7. The first-order valence-corrected chi connectivity index (χ1v) is 12.1. The number of fused-ring (bicyclic) bond motifs is 1. The van der Waals surface area contributed by atoms with E-state index in [2.05, 4.69) is 17.6 Å². The molecule has 8 heteroatoms. The topological polar surface area (TPSA) is 108 Å². The number of nitrogens with one attached hydrogen (secondary N) is 2. The summed E-state index contributed by atoms with van der Waals surface area (Å²) >= 11 is 0. The maximum absolute atomic E-state index is 13.7. The normalized spacial score (nSPS) is 33.6. The monoisotopic (exact) mass is 437 g/mol. The Kier molecular flexibility index (Phi) is 7.63. The minimum absolute atomic E-state index is 0.0431. The molecule has 2 unspecified atom stereocenters. The summed E-state index contributed by atoms with van der Waals surface area (Å²) in [7, 11) is 0. The van der Waals surface area contributed by atoms with Crippen LogP contribution in [0.4, 0.5) is 0 Å². The Hall–Kier alpha value is -1.67. The molecular formula is C23H39N3O5. The van der Waals surface area contributed by atoms with E-state index in [1.807, 2.05) is 13.8 Å². The molecule has 0 aliphatic carbocycles.